The normalized spacial score (nSPS) is 11.1. The van der Waals surface area contributed by atoms with Gasteiger partial charge < -0.3 is 5.73 Å². The molecule has 0 radical (unpaired) electrons. The zero-order valence-corrected chi connectivity index (χ0v) is 8.94. The maximum absolute atomic E-state index is 6.16. The molecule has 0 bridgehead atoms. The third kappa shape index (κ3) is 1.27. The minimum absolute atomic E-state index is 0.152. The highest BCUT2D eigenvalue weighted by atomic mass is 35.5. The van der Waals surface area contributed by atoms with Crippen LogP contribution in [0.4, 0.5) is 5.95 Å². The molecule has 0 spiro atoms. The van der Waals surface area contributed by atoms with Crippen molar-refractivity contribution in [1.82, 2.24) is 15.2 Å². The molecule has 0 saturated heterocycles. The van der Waals surface area contributed by atoms with Crippen LogP contribution in [0.25, 0.3) is 21.8 Å². The minimum Gasteiger partial charge on any atom is -0.366 e. The van der Waals surface area contributed by atoms with E-state index in [2.05, 4.69) is 15.2 Å². The van der Waals surface area contributed by atoms with Gasteiger partial charge in [0.15, 0.2) is 0 Å². The largest absolute Gasteiger partial charge is 0.366 e. The summed E-state index contributed by atoms with van der Waals surface area (Å²) >= 11 is 6.16. The molecule has 5 heteroatoms. The summed E-state index contributed by atoms with van der Waals surface area (Å²) in [6.45, 7) is 0. The van der Waals surface area contributed by atoms with Crippen LogP contribution >= 0.6 is 11.6 Å². The van der Waals surface area contributed by atoms with Gasteiger partial charge in [-0.25, -0.2) is 4.98 Å². The Kier molecular flexibility index (Phi) is 1.91. The van der Waals surface area contributed by atoms with Crippen LogP contribution < -0.4 is 5.73 Å². The van der Waals surface area contributed by atoms with Crippen molar-refractivity contribution < 1.29 is 0 Å². The molecular formula is C11H7ClN4. The van der Waals surface area contributed by atoms with Gasteiger partial charge in [-0.2, -0.15) is 0 Å². The van der Waals surface area contributed by atoms with E-state index in [1.165, 1.54) is 0 Å². The van der Waals surface area contributed by atoms with Crippen LogP contribution in [0.1, 0.15) is 0 Å². The molecule has 0 fully saturated rings. The number of nitrogen functional groups attached to an aromatic ring is 1. The number of hydrogen-bond acceptors (Lipinski definition) is 4. The van der Waals surface area contributed by atoms with Crippen molar-refractivity contribution in [1.29, 1.82) is 0 Å². The quantitative estimate of drug-likeness (QED) is 0.603. The SMILES string of the molecule is Nc1nnc2c(cc(Cl)c3ccccc32)n1. The Labute approximate surface area is 96.1 Å². The average Bonchev–Trinajstić information content (AvgIpc) is 2.29. The Bertz CT molecular complexity index is 696. The summed E-state index contributed by atoms with van der Waals surface area (Å²) in [4.78, 5) is 4.11. The average molecular weight is 231 g/mol. The third-order valence-electron chi connectivity index (χ3n) is 2.43. The maximum atomic E-state index is 6.16. The summed E-state index contributed by atoms with van der Waals surface area (Å²) < 4.78 is 0. The van der Waals surface area contributed by atoms with Crippen molar-refractivity contribution in [3.63, 3.8) is 0 Å². The molecule has 0 aliphatic heterocycles. The second kappa shape index (κ2) is 3.28. The molecule has 3 aromatic rings. The first kappa shape index (κ1) is 9.30. The number of benzene rings is 2. The van der Waals surface area contributed by atoms with Crippen LogP contribution in [-0.2, 0) is 0 Å². The number of rotatable bonds is 0. The zero-order chi connectivity index (χ0) is 11.1. The Hall–Kier alpha value is -1.94. The van der Waals surface area contributed by atoms with E-state index in [0.717, 1.165) is 10.8 Å². The smallest absolute Gasteiger partial charge is 0.240 e. The van der Waals surface area contributed by atoms with E-state index >= 15 is 0 Å². The van der Waals surface area contributed by atoms with Crippen molar-refractivity contribution >= 4 is 39.4 Å². The minimum atomic E-state index is 0.152. The van der Waals surface area contributed by atoms with Gasteiger partial charge in [-0.3, -0.25) is 0 Å². The number of fused-ring (bicyclic) bond motifs is 3. The summed E-state index contributed by atoms with van der Waals surface area (Å²) in [5, 5.41) is 10.3. The fourth-order valence-corrected chi connectivity index (χ4v) is 2.01. The van der Waals surface area contributed by atoms with Gasteiger partial charge in [-0.15, -0.1) is 10.2 Å². The number of aromatic nitrogens is 3. The van der Waals surface area contributed by atoms with Crippen LogP contribution in [-0.4, -0.2) is 15.2 Å². The van der Waals surface area contributed by atoms with Gasteiger partial charge in [0.1, 0.15) is 5.52 Å². The van der Waals surface area contributed by atoms with Crippen molar-refractivity contribution in [3.05, 3.63) is 35.4 Å². The molecule has 2 aromatic carbocycles. The topological polar surface area (TPSA) is 64.7 Å². The third-order valence-corrected chi connectivity index (χ3v) is 2.75. The molecular weight excluding hydrogens is 224 g/mol. The monoisotopic (exact) mass is 230 g/mol. The number of nitrogens with zero attached hydrogens (tertiary/aromatic N) is 3. The van der Waals surface area contributed by atoms with Crippen molar-refractivity contribution in [3.8, 4) is 0 Å². The van der Waals surface area contributed by atoms with Crippen LogP contribution in [0.2, 0.25) is 5.02 Å². The van der Waals surface area contributed by atoms with Gasteiger partial charge in [0, 0.05) is 10.8 Å². The molecule has 2 N–H and O–H groups in total. The molecule has 3 rings (SSSR count). The molecule has 0 aliphatic rings. The molecule has 0 atom stereocenters. The predicted octanol–water partition coefficient (Wildman–Crippen LogP) is 2.41. The molecule has 1 heterocycles. The van der Waals surface area contributed by atoms with E-state index in [4.69, 9.17) is 17.3 Å². The summed E-state index contributed by atoms with van der Waals surface area (Å²) in [6, 6.07) is 9.49. The summed E-state index contributed by atoms with van der Waals surface area (Å²) in [5.74, 6) is 0.152. The Morgan fingerprint density at radius 1 is 1.06 bits per heavy atom. The second-order valence-corrected chi connectivity index (χ2v) is 3.85. The zero-order valence-electron chi connectivity index (χ0n) is 8.18. The van der Waals surface area contributed by atoms with Gasteiger partial charge in [-0.05, 0) is 6.07 Å². The lowest BCUT2D eigenvalue weighted by Crippen LogP contribution is -1.98. The van der Waals surface area contributed by atoms with Gasteiger partial charge in [0.2, 0.25) is 5.95 Å². The van der Waals surface area contributed by atoms with Gasteiger partial charge in [-0.1, -0.05) is 35.9 Å². The lowest BCUT2D eigenvalue weighted by Gasteiger charge is -2.03. The molecule has 4 nitrogen and oxygen atoms in total. The summed E-state index contributed by atoms with van der Waals surface area (Å²) in [7, 11) is 0. The van der Waals surface area contributed by atoms with Gasteiger partial charge in [0.25, 0.3) is 0 Å². The number of nitrogens with two attached hydrogens (primary N) is 1. The second-order valence-electron chi connectivity index (χ2n) is 3.44. The van der Waals surface area contributed by atoms with Gasteiger partial charge >= 0.3 is 0 Å². The van der Waals surface area contributed by atoms with Gasteiger partial charge in [0.05, 0.1) is 10.5 Å². The molecule has 0 unspecified atom stereocenters. The van der Waals surface area contributed by atoms with Crippen LogP contribution in [0.15, 0.2) is 30.3 Å². The molecule has 1 aromatic heterocycles. The highest BCUT2D eigenvalue weighted by Crippen LogP contribution is 2.29. The first-order valence-corrected chi connectivity index (χ1v) is 5.10. The maximum Gasteiger partial charge on any atom is 0.240 e. The van der Waals surface area contributed by atoms with E-state index in [-0.39, 0.29) is 5.95 Å². The number of hydrogen-bond donors (Lipinski definition) is 1. The first-order chi connectivity index (χ1) is 7.75. The number of anilines is 1. The highest BCUT2D eigenvalue weighted by Gasteiger charge is 2.07. The predicted molar refractivity (Wildman–Crippen MR) is 64.3 cm³/mol. The van der Waals surface area contributed by atoms with Crippen LogP contribution in [0.3, 0.4) is 0 Å². The van der Waals surface area contributed by atoms with Crippen LogP contribution in [0, 0.1) is 0 Å². The molecule has 0 amide bonds. The van der Waals surface area contributed by atoms with E-state index < -0.39 is 0 Å². The van der Waals surface area contributed by atoms with Crippen molar-refractivity contribution in [2.24, 2.45) is 0 Å². The first-order valence-electron chi connectivity index (χ1n) is 4.73. The van der Waals surface area contributed by atoms with E-state index in [1.54, 1.807) is 6.07 Å². The van der Waals surface area contributed by atoms with E-state index in [9.17, 15) is 0 Å². The molecule has 78 valence electrons. The summed E-state index contributed by atoms with van der Waals surface area (Å²) in [6.07, 6.45) is 0. The summed E-state index contributed by atoms with van der Waals surface area (Å²) in [5.41, 5.74) is 6.87. The molecule has 16 heavy (non-hydrogen) atoms. The molecule has 0 aliphatic carbocycles. The van der Waals surface area contributed by atoms with Crippen LogP contribution in [0.5, 0.6) is 0 Å². The molecule has 0 saturated carbocycles. The number of halogens is 1. The highest BCUT2D eigenvalue weighted by molar-refractivity contribution is 6.37. The van der Waals surface area contributed by atoms with Crippen molar-refractivity contribution in [2.45, 2.75) is 0 Å². The Balaban J connectivity index is 2.59. The lowest BCUT2D eigenvalue weighted by atomic mass is 10.1. The lowest BCUT2D eigenvalue weighted by molar-refractivity contribution is 1.04. The fraction of sp³-hybridized carbons (Fsp3) is 0. The Morgan fingerprint density at radius 3 is 2.62 bits per heavy atom. The Morgan fingerprint density at radius 2 is 1.81 bits per heavy atom. The standard InChI is InChI=1S/C11H7ClN4/c12-8-5-9-10(15-16-11(13)14-9)7-4-2-1-3-6(7)8/h1-5H,(H2,13,14,16). The van der Waals surface area contributed by atoms with Crippen molar-refractivity contribution in [2.75, 3.05) is 5.73 Å². The fourth-order valence-electron chi connectivity index (χ4n) is 1.74. The van der Waals surface area contributed by atoms with E-state index in [0.29, 0.717) is 16.1 Å². The van der Waals surface area contributed by atoms with E-state index in [1.807, 2.05) is 24.3 Å².